The Balaban J connectivity index is 1.45. The van der Waals surface area contributed by atoms with Crippen molar-refractivity contribution in [1.29, 1.82) is 0 Å². The fourth-order valence-electron chi connectivity index (χ4n) is 3.57. The van der Waals surface area contributed by atoms with E-state index in [4.69, 9.17) is 4.98 Å². The number of aromatic nitrogens is 2. The molecule has 27 heavy (non-hydrogen) atoms. The first-order valence-corrected chi connectivity index (χ1v) is 9.80. The molecule has 1 aromatic carbocycles. The van der Waals surface area contributed by atoms with Crippen LogP contribution < -0.4 is 10.6 Å². The summed E-state index contributed by atoms with van der Waals surface area (Å²) in [5.41, 5.74) is 2.19. The first kappa shape index (κ1) is 17.7. The van der Waals surface area contributed by atoms with E-state index in [0.29, 0.717) is 18.5 Å². The highest BCUT2D eigenvalue weighted by Gasteiger charge is 2.26. The van der Waals surface area contributed by atoms with Gasteiger partial charge in [-0.15, -0.1) is 0 Å². The highest BCUT2D eigenvalue weighted by molar-refractivity contribution is 5.45. The number of rotatable bonds is 7. The van der Waals surface area contributed by atoms with Crippen LogP contribution in [-0.2, 0) is 6.54 Å². The molecule has 1 heterocycles. The Morgan fingerprint density at radius 3 is 2.44 bits per heavy atom. The molecule has 1 aromatic heterocycles. The van der Waals surface area contributed by atoms with Crippen LogP contribution in [0.3, 0.4) is 0 Å². The lowest BCUT2D eigenvalue weighted by Crippen LogP contribution is -2.24. The lowest BCUT2D eigenvalue weighted by molar-refractivity contribution is -0.384. The van der Waals surface area contributed by atoms with Crippen LogP contribution in [0, 0.1) is 10.1 Å². The molecule has 0 saturated heterocycles. The molecule has 0 atom stereocenters. The number of hydrogen-bond donors (Lipinski definition) is 2. The van der Waals surface area contributed by atoms with Crippen LogP contribution in [0.25, 0.3) is 0 Å². The average molecular weight is 367 g/mol. The first-order valence-electron chi connectivity index (χ1n) is 9.80. The van der Waals surface area contributed by atoms with Gasteiger partial charge >= 0.3 is 0 Å². The van der Waals surface area contributed by atoms with Gasteiger partial charge in [-0.2, -0.15) is 4.98 Å². The van der Waals surface area contributed by atoms with Gasteiger partial charge in [0.15, 0.2) is 0 Å². The molecule has 0 bridgehead atoms. The zero-order valence-electron chi connectivity index (χ0n) is 15.4. The largest absolute Gasteiger partial charge is 0.366 e. The van der Waals surface area contributed by atoms with Crippen molar-refractivity contribution in [2.75, 3.05) is 10.6 Å². The maximum Gasteiger partial charge on any atom is 0.269 e. The summed E-state index contributed by atoms with van der Waals surface area (Å²) in [6.07, 6.45) is 8.62. The van der Waals surface area contributed by atoms with Crippen LogP contribution in [0.15, 0.2) is 30.3 Å². The molecular weight excluding hydrogens is 342 g/mol. The fourth-order valence-corrected chi connectivity index (χ4v) is 3.57. The van der Waals surface area contributed by atoms with E-state index in [0.717, 1.165) is 23.0 Å². The van der Waals surface area contributed by atoms with Crippen LogP contribution in [0.2, 0.25) is 0 Å². The molecule has 2 N–H and O–H groups in total. The molecule has 0 aliphatic heterocycles. The maximum atomic E-state index is 10.8. The second kappa shape index (κ2) is 7.90. The summed E-state index contributed by atoms with van der Waals surface area (Å²) < 4.78 is 0. The summed E-state index contributed by atoms with van der Waals surface area (Å²) in [4.78, 5) is 19.8. The number of benzene rings is 1. The monoisotopic (exact) mass is 367 g/mol. The summed E-state index contributed by atoms with van der Waals surface area (Å²) >= 11 is 0. The number of nitro benzene ring substituents is 1. The predicted octanol–water partition coefficient (Wildman–Crippen LogP) is 4.62. The molecule has 2 aliphatic carbocycles. The van der Waals surface area contributed by atoms with E-state index in [1.807, 2.05) is 6.07 Å². The molecule has 2 aliphatic rings. The highest BCUT2D eigenvalue weighted by atomic mass is 16.6. The molecule has 2 saturated carbocycles. The van der Waals surface area contributed by atoms with E-state index in [2.05, 4.69) is 15.6 Å². The van der Waals surface area contributed by atoms with Gasteiger partial charge in [0.25, 0.3) is 5.69 Å². The smallest absolute Gasteiger partial charge is 0.269 e. The zero-order chi connectivity index (χ0) is 18.6. The number of nitrogens with zero attached hydrogens (tertiary/aromatic N) is 3. The van der Waals surface area contributed by atoms with E-state index >= 15 is 0 Å². The van der Waals surface area contributed by atoms with E-state index in [9.17, 15) is 10.1 Å². The molecule has 0 unspecified atom stereocenters. The van der Waals surface area contributed by atoms with Gasteiger partial charge < -0.3 is 10.6 Å². The Bertz CT molecular complexity index is 799. The quantitative estimate of drug-likeness (QED) is 0.548. The van der Waals surface area contributed by atoms with Crippen molar-refractivity contribution in [2.24, 2.45) is 0 Å². The van der Waals surface area contributed by atoms with Gasteiger partial charge in [-0.1, -0.05) is 31.4 Å². The van der Waals surface area contributed by atoms with Gasteiger partial charge in [0.05, 0.1) is 10.6 Å². The van der Waals surface area contributed by atoms with E-state index < -0.39 is 0 Å². The zero-order valence-corrected chi connectivity index (χ0v) is 15.4. The van der Waals surface area contributed by atoms with Crippen molar-refractivity contribution in [1.82, 2.24) is 9.97 Å². The van der Waals surface area contributed by atoms with Gasteiger partial charge in [-0.3, -0.25) is 10.1 Å². The Labute approximate surface area is 158 Å². The number of nitrogens with one attached hydrogen (secondary N) is 2. The summed E-state index contributed by atoms with van der Waals surface area (Å²) in [5, 5.41) is 17.6. The molecule has 2 aromatic rings. The molecule has 7 heteroatoms. The first-order chi connectivity index (χ1) is 13.2. The van der Waals surface area contributed by atoms with Crippen molar-refractivity contribution < 1.29 is 4.92 Å². The second-order valence-electron chi connectivity index (χ2n) is 7.53. The standard InChI is InChI=1S/C20H25N5O2/c26-25(27)17-10-6-14(7-11-17)13-21-19-12-18(15-8-9-15)23-20(24-19)22-16-4-2-1-3-5-16/h6-7,10-12,15-16H,1-5,8-9,13H2,(H2,21,22,23,24). The molecule has 0 radical (unpaired) electrons. The normalized spacial score (nSPS) is 17.5. The van der Waals surface area contributed by atoms with Crippen molar-refractivity contribution in [2.45, 2.75) is 63.5 Å². The third-order valence-corrected chi connectivity index (χ3v) is 5.30. The lowest BCUT2D eigenvalue weighted by Gasteiger charge is -2.23. The van der Waals surface area contributed by atoms with E-state index in [1.54, 1.807) is 12.1 Å². The lowest BCUT2D eigenvalue weighted by atomic mass is 9.96. The summed E-state index contributed by atoms with van der Waals surface area (Å²) in [5.74, 6) is 2.08. The molecule has 0 amide bonds. The fraction of sp³-hybridized carbons (Fsp3) is 0.500. The highest BCUT2D eigenvalue weighted by Crippen LogP contribution is 2.40. The molecule has 2 fully saturated rings. The Kier molecular flexibility index (Phi) is 5.18. The number of anilines is 2. The van der Waals surface area contributed by atoms with Gasteiger partial charge in [0, 0.05) is 36.7 Å². The van der Waals surface area contributed by atoms with Crippen LogP contribution in [0.5, 0.6) is 0 Å². The van der Waals surface area contributed by atoms with Crippen molar-refractivity contribution in [3.8, 4) is 0 Å². The third-order valence-electron chi connectivity index (χ3n) is 5.30. The van der Waals surface area contributed by atoms with E-state index in [1.165, 1.54) is 57.1 Å². The molecule has 0 spiro atoms. The van der Waals surface area contributed by atoms with Gasteiger partial charge in [0.1, 0.15) is 5.82 Å². The van der Waals surface area contributed by atoms with Gasteiger partial charge in [-0.05, 0) is 31.2 Å². The van der Waals surface area contributed by atoms with Gasteiger partial charge in [0.2, 0.25) is 5.95 Å². The third kappa shape index (κ3) is 4.72. The SMILES string of the molecule is O=[N+]([O-])c1ccc(CNc2cc(C3CC3)nc(NC3CCCCC3)n2)cc1. The maximum absolute atomic E-state index is 10.8. The minimum atomic E-state index is -0.382. The van der Waals surface area contributed by atoms with Gasteiger partial charge in [-0.25, -0.2) is 4.98 Å². The van der Waals surface area contributed by atoms with Crippen molar-refractivity contribution in [3.05, 3.63) is 51.7 Å². The Hall–Kier alpha value is -2.70. The minimum absolute atomic E-state index is 0.107. The molecular formula is C20H25N5O2. The summed E-state index contributed by atoms with van der Waals surface area (Å²) in [7, 11) is 0. The topological polar surface area (TPSA) is 93.0 Å². The molecule has 4 rings (SSSR count). The van der Waals surface area contributed by atoms with E-state index in [-0.39, 0.29) is 10.6 Å². The summed E-state index contributed by atoms with van der Waals surface area (Å²) in [6, 6.07) is 9.11. The second-order valence-corrected chi connectivity index (χ2v) is 7.53. The van der Waals surface area contributed by atoms with Crippen LogP contribution in [-0.4, -0.2) is 20.9 Å². The van der Waals surface area contributed by atoms with Crippen LogP contribution in [0.4, 0.5) is 17.5 Å². The van der Waals surface area contributed by atoms with Crippen LogP contribution in [0.1, 0.15) is 62.1 Å². The Morgan fingerprint density at radius 2 is 1.78 bits per heavy atom. The molecule has 7 nitrogen and oxygen atoms in total. The number of hydrogen-bond acceptors (Lipinski definition) is 6. The average Bonchev–Trinajstić information content (AvgIpc) is 3.53. The van der Waals surface area contributed by atoms with Crippen LogP contribution >= 0.6 is 0 Å². The summed E-state index contributed by atoms with van der Waals surface area (Å²) in [6.45, 7) is 0.571. The molecule has 142 valence electrons. The predicted molar refractivity (Wildman–Crippen MR) is 105 cm³/mol. The number of non-ortho nitro benzene ring substituents is 1. The van der Waals surface area contributed by atoms with Crippen molar-refractivity contribution >= 4 is 17.5 Å². The van der Waals surface area contributed by atoms with Crippen molar-refractivity contribution in [3.63, 3.8) is 0 Å². The number of nitro groups is 1. The Morgan fingerprint density at radius 1 is 1.04 bits per heavy atom. The minimum Gasteiger partial charge on any atom is -0.366 e.